The van der Waals surface area contributed by atoms with Gasteiger partial charge in [-0.1, -0.05) is 52.3 Å². The van der Waals surface area contributed by atoms with Crippen molar-refractivity contribution in [2.75, 3.05) is 6.61 Å². The normalized spacial score (nSPS) is 12.0. The standard InChI is InChI=1S/C19H16Br2N2O2/c1-12(13-6-3-2-4-7-13)23-17(24)11-25-19-16(21)10-15(20)14-8-5-9-22-18(14)19/h2-10,12H,11H2,1H3,(H,23,24)/t12-/m0/s1. The van der Waals surface area contributed by atoms with Crippen LogP contribution in [0.4, 0.5) is 0 Å². The summed E-state index contributed by atoms with van der Waals surface area (Å²) in [6.07, 6.45) is 1.70. The van der Waals surface area contributed by atoms with Gasteiger partial charge in [0.25, 0.3) is 5.91 Å². The van der Waals surface area contributed by atoms with Crippen LogP contribution >= 0.6 is 31.9 Å². The minimum absolute atomic E-state index is 0.0803. The molecule has 1 aromatic heterocycles. The summed E-state index contributed by atoms with van der Waals surface area (Å²) in [5, 5.41) is 3.87. The molecule has 4 nitrogen and oxygen atoms in total. The second-order valence-corrected chi connectivity index (χ2v) is 7.27. The number of halogens is 2. The van der Waals surface area contributed by atoms with E-state index in [1.807, 2.05) is 55.5 Å². The zero-order valence-electron chi connectivity index (χ0n) is 13.5. The first kappa shape index (κ1) is 17.9. The predicted octanol–water partition coefficient (Wildman–Crippen LogP) is 5.02. The zero-order valence-corrected chi connectivity index (χ0v) is 16.7. The van der Waals surface area contributed by atoms with E-state index in [0.717, 1.165) is 19.9 Å². The van der Waals surface area contributed by atoms with Gasteiger partial charge in [0.2, 0.25) is 0 Å². The van der Waals surface area contributed by atoms with Crippen molar-refractivity contribution in [2.24, 2.45) is 0 Å². The number of rotatable bonds is 5. The number of nitrogens with one attached hydrogen (secondary N) is 1. The van der Waals surface area contributed by atoms with Crippen LogP contribution in [-0.4, -0.2) is 17.5 Å². The lowest BCUT2D eigenvalue weighted by atomic mass is 10.1. The molecule has 3 aromatic rings. The fourth-order valence-electron chi connectivity index (χ4n) is 2.53. The van der Waals surface area contributed by atoms with Crippen molar-refractivity contribution in [3.8, 4) is 5.75 Å². The van der Waals surface area contributed by atoms with Crippen molar-refractivity contribution in [3.63, 3.8) is 0 Å². The lowest BCUT2D eigenvalue weighted by molar-refractivity contribution is -0.123. The molecule has 0 saturated carbocycles. The van der Waals surface area contributed by atoms with Gasteiger partial charge in [0.05, 0.1) is 10.5 Å². The number of carbonyl (C=O) groups excluding carboxylic acids is 1. The highest BCUT2D eigenvalue weighted by Crippen LogP contribution is 2.37. The van der Waals surface area contributed by atoms with Crippen LogP contribution in [0.5, 0.6) is 5.75 Å². The van der Waals surface area contributed by atoms with Crippen LogP contribution in [0.3, 0.4) is 0 Å². The zero-order chi connectivity index (χ0) is 17.8. The minimum Gasteiger partial charge on any atom is -0.480 e. The number of ether oxygens (including phenoxy) is 1. The number of carbonyl (C=O) groups is 1. The van der Waals surface area contributed by atoms with E-state index in [9.17, 15) is 4.79 Å². The Morgan fingerprint density at radius 2 is 1.92 bits per heavy atom. The number of amides is 1. The first-order valence-corrected chi connectivity index (χ1v) is 9.34. The molecule has 0 aliphatic rings. The van der Waals surface area contributed by atoms with Gasteiger partial charge in [-0.05, 0) is 40.5 Å². The number of pyridine rings is 1. The first-order valence-electron chi connectivity index (χ1n) is 7.76. The van der Waals surface area contributed by atoms with Crippen molar-refractivity contribution in [3.05, 3.63) is 69.2 Å². The summed E-state index contributed by atoms with van der Waals surface area (Å²) in [7, 11) is 0. The van der Waals surface area contributed by atoms with Crippen molar-refractivity contribution in [2.45, 2.75) is 13.0 Å². The molecule has 0 bridgehead atoms. The van der Waals surface area contributed by atoms with Crippen LogP contribution in [-0.2, 0) is 4.79 Å². The van der Waals surface area contributed by atoms with Gasteiger partial charge in [0, 0.05) is 16.1 Å². The molecule has 6 heteroatoms. The molecule has 128 valence electrons. The third kappa shape index (κ3) is 4.19. The molecule has 0 saturated heterocycles. The van der Waals surface area contributed by atoms with E-state index in [2.05, 4.69) is 42.2 Å². The summed E-state index contributed by atoms with van der Waals surface area (Å²) >= 11 is 6.99. The summed E-state index contributed by atoms with van der Waals surface area (Å²) in [5.74, 6) is 0.372. The van der Waals surface area contributed by atoms with E-state index in [1.165, 1.54) is 0 Å². The number of benzene rings is 2. The molecular formula is C19H16Br2N2O2. The Hall–Kier alpha value is -1.92. The van der Waals surface area contributed by atoms with Gasteiger partial charge in [-0.2, -0.15) is 0 Å². The topological polar surface area (TPSA) is 51.2 Å². The van der Waals surface area contributed by atoms with Crippen molar-refractivity contribution < 1.29 is 9.53 Å². The molecule has 1 atom stereocenters. The smallest absolute Gasteiger partial charge is 0.258 e. The third-order valence-corrected chi connectivity index (χ3v) is 5.02. The van der Waals surface area contributed by atoms with E-state index < -0.39 is 0 Å². The van der Waals surface area contributed by atoms with Crippen molar-refractivity contribution in [1.82, 2.24) is 10.3 Å². The number of hydrogen-bond acceptors (Lipinski definition) is 3. The van der Waals surface area contributed by atoms with Crippen LogP contribution in [0, 0.1) is 0 Å². The Balaban J connectivity index is 1.71. The summed E-state index contributed by atoms with van der Waals surface area (Å²) in [5.41, 5.74) is 1.75. The quantitative estimate of drug-likeness (QED) is 0.578. The highest BCUT2D eigenvalue weighted by Gasteiger charge is 2.15. The number of fused-ring (bicyclic) bond motifs is 1. The maximum atomic E-state index is 12.2. The van der Waals surface area contributed by atoms with Crippen LogP contribution in [0.2, 0.25) is 0 Å². The molecule has 0 radical (unpaired) electrons. The molecule has 1 heterocycles. The third-order valence-electron chi connectivity index (χ3n) is 3.78. The average molecular weight is 464 g/mol. The van der Waals surface area contributed by atoms with Crippen molar-refractivity contribution >= 4 is 48.7 Å². The molecule has 0 unspecified atom stereocenters. The monoisotopic (exact) mass is 462 g/mol. The van der Waals surface area contributed by atoms with E-state index in [1.54, 1.807) is 6.20 Å². The van der Waals surface area contributed by atoms with E-state index in [0.29, 0.717) is 11.3 Å². The Kier molecular flexibility index (Phi) is 5.71. The van der Waals surface area contributed by atoms with E-state index in [-0.39, 0.29) is 18.6 Å². The highest BCUT2D eigenvalue weighted by molar-refractivity contribution is 9.11. The average Bonchev–Trinajstić information content (AvgIpc) is 2.62. The Bertz CT molecular complexity index is 901. The van der Waals surface area contributed by atoms with Gasteiger partial charge in [-0.15, -0.1) is 0 Å². The molecule has 2 aromatic carbocycles. The summed E-state index contributed by atoms with van der Waals surface area (Å²) in [6, 6.07) is 15.4. The molecule has 0 spiro atoms. The van der Waals surface area contributed by atoms with Crippen LogP contribution < -0.4 is 10.1 Å². The second-order valence-electron chi connectivity index (χ2n) is 5.56. The lowest BCUT2D eigenvalue weighted by Crippen LogP contribution is -2.31. The molecule has 3 rings (SSSR count). The Morgan fingerprint density at radius 1 is 1.16 bits per heavy atom. The number of nitrogens with zero attached hydrogens (tertiary/aromatic N) is 1. The molecular weight excluding hydrogens is 448 g/mol. The maximum Gasteiger partial charge on any atom is 0.258 e. The van der Waals surface area contributed by atoms with Gasteiger partial charge in [0.1, 0.15) is 5.52 Å². The summed E-state index contributed by atoms with van der Waals surface area (Å²) in [6.45, 7) is 1.86. The largest absolute Gasteiger partial charge is 0.480 e. The van der Waals surface area contributed by atoms with Gasteiger partial charge in [-0.25, -0.2) is 0 Å². The van der Waals surface area contributed by atoms with E-state index >= 15 is 0 Å². The first-order chi connectivity index (χ1) is 12.1. The molecule has 0 aliphatic carbocycles. The number of hydrogen-bond donors (Lipinski definition) is 1. The van der Waals surface area contributed by atoms with Crippen molar-refractivity contribution in [1.29, 1.82) is 0 Å². The Labute approximate surface area is 162 Å². The van der Waals surface area contributed by atoms with Gasteiger partial charge < -0.3 is 10.1 Å². The van der Waals surface area contributed by atoms with Crippen LogP contribution in [0.15, 0.2) is 63.7 Å². The predicted molar refractivity (Wildman–Crippen MR) is 106 cm³/mol. The fourth-order valence-corrected chi connectivity index (χ4v) is 3.92. The molecule has 0 fully saturated rings. The second kappa shape index (κ2) is 7.97. The molecule has 25 heavy (non-hydrogen) atoms. The van der Waals surface area contributed by atoms with Crippen LogP contribution in [0.1, 0.15) is 18.5 Å². The fraction of sp³-hybridized carbons (Fsp3) is 0.158. The molecule has 0 aliphatic heterocycles. The van der Waals surface area contributed by atoms with Crippen LogP contribution in [0.25, 0.3) is 10.9 Å². The van der Waals surface area contributed by atoms with E-state index in [4.69, 9.17) is 4.74 Å². The minimum atomic E-state index is -0.185. The SMILES string of the molecule is C[C@H](NC(=O)COc1c(Br)cc(Br)c2cccnc12)c1ccccc1. The molecule has 1 amide bonds. The Morgan fingerprint density at radius 3 is 2.68 bits per heavy atom. The van der Waals surface area contributed by atoms with Gasteiger partial charge >= 0.3 is 0 Å². The number of aromatic nitrogens is 1. The highest BCUT2D eigenvalue weighted by atomic mass is 79.9. The van der Waals surface area contributed by atoms with Gasteiger partial charge in [0.15, 0.2) is 12.4 Å². The maximum absolute atomic E-state index is 12.2. The summed E-state index contributed by atoms with van der Waals surface area (Å²) in [4.78, 5) is 16.6. The summed E-state index contributed by atoms with van der Waals surface area (Å²) < 4.78 is 7.42. The van der Waals surface area contributed by atoms with Gasteiger partial charge in [-0.3, -0.25) is 9.78 Å². The lowest BCUT2D eigenvalue weighted by Gasteiger charge is -2.16. The molecule has 1 N–H and O–H groups in total.